The zero-order chi connectivity index (χ0) is 23.4. The van der Waals surface area contributed by atoms with E-state index in [0.717, 1.165) is 31.5 Å². The van der Waals surface area contributed by atoms with Gasteiger partial charge in [0, 0.05) is 45.4 Å². The van der Waals surface area contributed by atoms with Crippen molar-refractivity contribution in [1.29, 1.82) is 0 Å². The van der Waals surface area contributed by atoms with Crippen molar-refractivity contribution in [2.45, 2.75) is 38.6 Å². The molecule has 0 radical (unpaired) electrons. The molecule has 2 aliphatic rings. The van der Waals surface area contributed by atoms with Crippen molar-refractivity contribution < 1.29 is 14.3 Å². The van der Waals surface area contributed by atoms with E-state index in [9.17, 15) is 14.4 Å². The van der Waals surface area contributed by atoms with E-state index in [0.29, 0.717) is 42.7 Å². The predicted molar refractivity (Wildman–Crippen MR) is 128 cm³/mol. The molecular formula is C24H29ClN4O4. The van der Waals surface area contributed by atoms with Crippen LogP contribution in [0.2, 0.25) is 5.02 Å². The van der Waals surface area contributed by atoms with Gasteiger partial charge in [-0.2, -0.15) is 0 Å². The highest BCUT2D eigenvalue weighted by Crippen LogP contribution is 2.38. The second-order valence-corrected chi connectivity index (χ2v) is 8.66. The van der Waals surface area contributed by atoms with Gasteiger partial charge in [-0.25, -0.2) is 4.79 Å². The Morgan fingerprint density at radius 1 is 1.06 bits per heavy atom. The van der Waals surface area contributed by atoms with Crippen molar-refractivity contribution in [2.24, 2.45) is 0 Å². The van der Waals surface area contributed by atoms with Gasteiger partial charge in [0.15, 0.2) is 0 Å². The molecule has 9 heteroatoms. The van der Waals surface area contributed by atoms with E-state index in [1.54, 1.807) is 10.8 Å². The van der Waals surface area contributed by atoms with Gasteiger partial charge in [-0.15, -0.1) is 0 Å². The van der Waals surface area contributed by atoms with Crippen molar-refractivity contribution >= 4 is 34.9 Å². The van der Waals surface area contributed by atoms with Gasteiger partial charge in [0.2, 0.25) is 5.91 Å². The molecule has 0 spiro atoms. The third-order valence-corrected chi connectivity index (χ3v) is 6.72. The van der Waals surface area contributed by atoms with Crippen LogP contribution in [0.1, 0.15) is 37.7 Å². The van der Waals surface area contributed by atoms with Crippen LogP contribution in [0.15, 0.2) is 41.3 Å². The summed E-state index contributed by atoms with van der Waals surface area (Å²) in [4.78, 5) is 40.3. The summed E-state index contributed by atoms with van der Waals surface area (Å²) in [5, 5.41) is 2.90. The average Bonchev–Trinajstić information content (AvgIpc) is 2.81. The molecule has 3 heterocycles. The van der Waals surface area contributed by atoms with Crippen LogP contribution in [0.3, 0.4) is 0 Å². The Labute approximate surface area is 198 Å². The summed E-state index contributed by atoms with van der Waals surface area (Å²) in [6.45, 7) is 5.42. The van der Waals surface area contributed by atoms with Gasteiger partial charge in [-0.05, 0) is 49.4 Å². The number of hydrogen-bond donors (Lipinski definition) is 1. The maximum absolute atomic E-state index is 12.9. The Morgan fingerprint density at radius 2 is 1.82 bits per heavy atom. The molecule has 1 aromatic heterocycles. The first kappa shape index (κ1) is 23.3. The standard InChI is InChI=1S/C24H29ClN4O4/c1-2-33-16-15-28-11-4-7-20(23(28)31)27-12-8-17(9-13-27)18-5-3-6-19(22(18)25)29-14-10-21(30)26-24(29)32/h3-7,11,17H,2,8-10,12-16H2,1H3,(H,26,30,32). The van der Waals surface area contributed by atoms with Crippen molar-refractivity contribution in [3.8, 4) is 0 Å². The highest BCUT2D eigenvalue weighted by molar-refractivity contribution is 6.34. The van der Waals surface area contributed by atoms with Gasteiger partial charge in [0.1, 0.15) is 5.69 Å². The van der Waals surface area contributed by atoms with E-state index < -0.39 is 6.03 Å². The summed E-state index contributed by atoms with van der Waals surface area (Å²) in [5.41, 5.74) is 2.34. The average molecular weight is 473 g/mol. The quantitative estimate of drug-likeness (QED) is 0.624. The first-order chi connectivity index (χ1) is 16.0. The summed E-state index contributed by atoms with van der Waals surface area (Å²) in [6, 6.07) is 9.06. The zero-order valence-electron chi connectivity index (χ0n) is 18.8. The molecule has 2 fully saturated rings. The summed E-state index contributed by atoms with van der Waals surface area (Å²) in [5.74, 6) is -0.0409. The lowest BCUT2D eigenvalue weighted by molar-refractivity contribution is -0.120. The van der Waals surface area contributed by atoms with Crippen LogP contribution in [-0.2, 0) is 16.1 Å². The summed E-state index contributed by atoms with van der Waals surface area (Å²) >= 11 is 6.75. The molecule has 0 aliphatic carbocycles. The van der Waals surface area contributed by atoms with Gasteiger partial charge >= 0.3 is 6.03 Å². The number of hydrogen-bond acceptors (Lipinski definition) is 5. The van der Waals surface area contributed by atoms with E-state index in [4.69, 9.17) is 16.3 Å². The minimum atomic E-state index is -0.440. The number of imide groups is 1. The summed E-state index contributed by atoms with van der Waals surface area (Å²) in [6.07, 6.45) is 3.75. The molecule has 2 aliphatic heterocycles. The van der Waals surface area contributed by atoms with Crippen molar-refractivity contribution in [3.63, 3.8) is 0 Å². The van der Waals surface area contributed by atoms with Crippen LogP contribution in [0.25, 0.3) is 0 Å². The fraction of sp³-hybridized carbons (Fsp3) is 0.458. The van der Waals surface area contributed by atoms with E-state index in [1.165, 1.54) is 4.90 Å². The van der Waals surface area contributed by atoms with E-state index in [1.807, 2.05) is 37.3 Å². The molecule has 3 amide bonds. The van der Waals surface area contributed by atoms with Crippen molar-refractivity contribution in [3.05, 3.63) is 57.5 Å². The number of ether oxygens (including phenoxy) is 1. The lowest BCUT2D eigenvalue weighted by Gasteiger charge is -2.34. The normalized spacial score (nSPS) is 17.4. The second-order valence-electron chi connectivity index (χ2n) is 8.29. The zero-order valence-corrected chi connectivity index (χ0v) is 19.5. The maximum Gasteiger partial charge on any atom is 0.328 e. The molecule has 0 unspecified atom stereocenters. The number of piperidine rings is 1. The Morgan fingerprint density at radius 3 is 2.55 bits per heavy atom. The van der Waals surface area contributed by atoms with Gasteiger partial charge in [-0.3, -0.25) is 19.8 Å². The van der Waals surface area contributed by atoms with Crippen LogP contribution < -0.4 is 20.7 Å². The number of urea groups is 1. The number of rotatable bonds is 7. The number of carbonyl (C=O) groups is 2. The number of nitrogens with one attached hydrogen (secondary N) is 1. The Kier molecular flexibility index (Phi) is 7.35. The Hall–Kier alpha value is -2.84. The van der Waals surface area contributed by atoms with Crippen LogP contribution in [0.5, 0.6) is 0 Å². The number of benzene rings is 1. The second kappa shape index (κ2) is 10.4. The van der Waals surface area contributed by atoms with E-state index in [-0.39, 0.29) is 23.8 Å². The fourth-order valence-electron chi connectivity index (χ4n) is 4.53. The molecule has 0 atom stereocenters. The van der Waals surface area contributed by atoms with Crippen molar-refractivity contribution in [1.82, 2.24) is 9.88 Å². The summed E-state index contributed by atoms with van der Waals surface area (Å²) in [7, 11) is 0. The van der Waals surface area contributed by atoms with Crippen LogP contribution >= 0.6 is 11.6 Å². The monoisotopic (exact) mass is 472 g/mol. The molecule has 0 saturated carbocycles. The molecular weight excluding hydrogens is 444 g/mol. The third kappa shape index (κ3) is 5.07. The van der Waals surface area contributed by atoms with E-state index in [2.05, 4.69) is 10.2 Å². The van der Waals surface area contributed by atoms with Gasteiger partial charge < -0.3 is 14.2 Å². The fourth-order valence-corrected chi connectivity index (χ4v) is 4.92. The molecule has 8 nitrogen and oxygen atoms in total. The van der Waals surface area contributed by atoms with E-state index >= 15 is 0 Å². The molecule has 2 aromatic rings. The van der Waals surface area contributed by atoms with Crippen molar-refractivity contribution in [2.75, 3.05) is 42.6 Å². The molecule has 1 N–H and O–H groups in total. The van der Waals surface area contributed by atoms with Gasteiger partial charge in [-0.1, -0.05) is 23.7 Å². The minimum absolute atomic E-state index is 0.00124. The molecule has 1 aromatic carbocycles. The number of anilines is 2. The molecule has 176 valence electrons. The Balaban J connectivity index is 1.46. The number of aromatic nitrogens is 1. The summed E-state index contributed by atoms with van der Waals surface area (Å²) < 4.78 is 7.09. The number of pyridine rings is 1. The predicted octanol–water partition coefficient (Wildman–Crippen LogP) is 3.37. The van der Waals surface area contributed by atoms with Gasteiger partial charge in [0.05, 0.1) is 17.3 Å². The molecule has 0 bridgehead atoms. The highest BCUT2D eigenvalue weighted by atomic mass is 35.5. The van der Waals surface area contributed by atoms with Crippen LogP contribution in [0.4, 0.5) is 16.2 Å². The minimum Gasteiger partial charge on any atom is -0.380 e. The molecule has 2 saturated heterocycles. The van der Waals surface area contributed by atoms with Gasteiger partial charge in [0.25, 0.3) is 5.56 Å². The smallest absolute Gasteiger partial charge is 0.328 e. The largest absolute Gasteiger partial charge is 0.380 e. The lowest BCUT2D eigenvalue weighted by atomic mass is 9.88. The first-order valence-electron chi connectivity index (χ1n) is 11.4. The SMILES string of the molecule is CCOCCn1cccc(N2CCC(c3cccc(N4CCC(=O)NC4=O)c3Cl)CC2)c1=O. The number of halogens is 1. The maximum atomic E-state index is 12.9. The number of amides is 3. The molecule has 33 heavy (non-hydrogen) atoms. The van der Waals surface area contributed by atoms with Crippen LogP contribution in [-0.4, -0.2) is 49.4 Å². The highest BCUT2D eigenvalue weighted by Gasteiger charge is 2.29. The van der Waals surface area contributed by atoms with Crippen LogP contribution in [0, 0.1) is 0 Å². The Bertz CT molecular complexity index is 1080. The number of nitrogens with zero attached hydrogens (tertiary/aromatic N) is 3. The topological polar surface area (TPSA) is 83.9 Å². The molecule has 4 rings (SSSR count). The lowest BCUT2D eigenvalue weighted by Crippen LogP contribution is -2.49. The number of carbonyl (C=O) groups excluding carboxylic acids is 2. The first-order valence-corrected chi connectivity index (χ1v) is 11.8. The third-order valence-electron chi connectivity index (χ3n) is 6.31.